The Morgan fingerprint density at radius 1 is 1.26 bits per heavy atom. The zero-order valence-electron chi connectivity index (χ0n) is 11.1. The average molecular weight is 264 g/mol. The number of carbonyl (C=O) groups is 2. The maximum Gasteiger partial charge on any atom is 0.303 e. The van der Waals surface area contributed by atoms with Crippen LogP contribution in [0.4, 0.5) is 5.69 Å². The topological polar surface area (TPSA) is 83.6 Å². The van der Waals surface area contributed by atoms with E-state index in [9.17, 15) is 9.59 Å². The first-order valence-electron chi connectivity index (χ1n) is 6.30. The molecule has 0 atom stereocenters. The first-order chi connectivity index (χ1) is 9.00. The van der Waals surface area contributed by atoms with Gasteiger partial charge in [0.1, 0.15) is 0 Å². The average Bonchev–Trinajstić information content (AvgIpc) is 2.36. The SMILES string of the molecule is CN(CCCC(=O)O)C(=O)CCc1ccccc1N. The van der Waals surface area contributed by atoms with Crippen molar-refractivity contribution in [1.82, 2.24) is 4.90 Å². The minimum absolute atomic E-state index is 0.00800. The molecule has 1 aromatic rings. The molecule has 0 radical (unpaired) electrons. The van der Waals surface area contributed by atoms with Crippen molar-refractivity contribution in [1.29, 1.82) is 0 Å². The summed E-state index contributed by atoms with van der Waals surface area (Å²) in [5.41, 5.74) is 7.47. The molecule has 0 aliphatic carbocycles. The van der Waals surface area contributed by atoms with E-state index in [1.807, 2.05) is 24.3 Å². The zero-order valence-corrected chi connectivity index (χ0v) is 11.1. The number of nitrogens with two attached hydrogens (primary N) is 1. The molecule has 5 heteroatoms. The lowest BCUT2D eigenvalue weighted by atomic mass is 10.1. The number of hydrogen-bond acceptors (Lipinski definition) is 3. The lowest BCUT2D eigenvalue weighted by Gasteiger charge is -2.16. The number of carbonyl (C=O) groups excluding carboxylic acids is 1. The van der Waals surface area contributed by atoms with Crippen LogP contribution in [0.3, 0.4) is 0 Å². The molecular weight excluding hydrogens is 244 g/mol. The third-order valence-electron chi connectivity index (χ3n) is 2.97. The van der Waals surface area contributed by atoms with Gasteiger partial charge < -0.3 is 15.7 Å². The van der Waals surface area contributed by atoms with Gasteiger partial charge in [0.2, 0.25) is 5.91 Å². The first-order valence-corrected chi connectivity index (χ1v) is 6.30. The molecule has 0 saturated carbocycles. The van der Waals surface area contributed by atoms with Crippen molar-refractivity contribution in [3.05, 3.63) is 29.8 Å². The first kappa shape index (κ1) is 15.0. The summed E-state index contributed by atoms with van der Waals surface area (Å²) in [6, 6.07) is 7.48. The van der Waals surface area contributed by atoms with E-state index in [0.717, 1.165) is 5.56 Å². The molecule has 3 N–H and O–H groups in total. The van der Waals surface area contributed by atoms with E-state index in [2.05, 4.69) is 0 Å². The van der Waals surface area contributed by atoms with Gasteiger partial charge >= 0.3 is 5.97 Å². The molecule has 0 heterocycles. The summed E-state index contributed by atoms with van der Waals surface area (Å²) in [5, 5.41) is 8.53. The summed E-state index contributed by atoms with van der Waals surface area (Å²) < 4.78 is 0. The van der Waals surface area contributed by atoms with E-state index < -0.39 is 5.97 Å². The number of rotatable bonds is 7. The molecule has 104 valence electrons. The van der Waals surface area contributed by atoms with Crippen molar-refractivity contribution in [2.24, 2.45) is 0 Å². The summed E-state index contributed by atoms with van der Waals surface area (Å²) in [5.74, 6) is -0.827. The van der Waals surface area contributed by atoms with Gasteiger partial charge in [0, 0.05) is 32.1 Å². The Morgan fingerprint density at radius 3 is 2.58 bits per heavy atom. The Bertz CT molecular complexity index is 446. The molecule has 0 saturated heterocycles. The Morgan fingerprint density at radius 2 is 1.95 bits per heavy atom. The van der Waals surface area contributed by atoms with E-state index in [-0.39, 0.29) is 12.3 Å². The predicted molar refractivity (Wildman–Crippen MR) is 73.7 cm³/mol. The van der Waals surface area contributed by atoms with Gasteiger partial charge in [0.05, 0.1) is 0 Å². The fraction of sp³-hybridized carbons (Fsp3) is 0.429. The standard InChI is InChI=1S/C14H20N2O3/c1-16(10-4-7-14(18)19)13(17)9-8-11-5-2-3-6-12(11)15/h2-3,5-6H,4,7-10,15H2,1H3,(H,18,19). The maximum atomic E-state index is 11.8. The van der Waals surface area contributed by atoms with Crippen LogP contribution < -0.4 is 5.73 Å². The Hall–Kier alpha value is -2.04. The molecule has 0 bridgehead atoms. The Balaban J connectivity index is 2.34. The number of para-hydroxylation sites is 1. The van der Waals surface area contributed by atoms with Gasteiger partial charge in [-0.15, -0.1) is 0 Å². The highest BCUT2D eigenvalue weighted by Gasteiger charge is 2.10. The highest BCUT2D eigenvalue weighted by atomic mass is 16.4. The highest BCUT2D eigenvalue weighted by Crippen LogP contribution is 2.13. The van der Waals surface area contributed by atoms with E-state index in [0.29, 0.717) is 31.5 Å². The van der Waals surface area contributed by atoms with Crippen LogP contribution in [0, 0.1) is 0 Å². The molecule has 5 nitrogen and oxygen atoms in total. The molecule has 0 fully saturated rings. The smallest absolute Gasteiger partial charge is 0.303 e. The van der Waals surface area contributed by atoms with E-state index in [1.54, 1.807) is 11.9 Å². The number of benzene rings is 1. The second-order valence-electron chi connectivity index (χ2n) is 4.51. The number of anilines is 1. The molecule has 0 aliphatic rings. The minimum Gasteiger partial charge on any atom is -0.481 e. The van der Waals surface area contributed by atoms with Crippen molar-refractivity contribution in [2.75, 3.05) is 19.3 Å². The summed E-state index contributed by atoms with van der Waals surface area (Å²) in [4.78, 5) is 23.8. The Kier molecular flexibility index (Phi) is 5.85. The molecule has 19 heavy (non-hydrogen) atoms. The molecule has 1 aromatic carbocycles. The Labute approximate surface area is 113 Å². The summed E-state index contributed by atoms with van der Waals surface area (Å²) in [6.45, 7) is 0.468. The molecule has 1 amide bonds. The van der Waals surface area contributed by atoms with Crippen LogP contribution in [0.5, 0.6) is 0 Å². The van der Waals surface area contributed by atoms with Crippen LogP contribution in [0.15, 0.2) is 24.3 Å². The number of aryl methyl sites for hydroxylation is 1. The van der Waals surface area contributed by atoms with Crippen LogP contribution in [0.25, 0.3) is 0 Å². The number of carboxylic acid groups (broad SMARTS) is 1. The third-order valence-corrected chi connectivity index (χ3v) is 2.97. The lowest BCUT2D eigenvalue weighted by Crippen LogP contribution is -2.28. The fourth-order valence-corrected chi connectivity index (χ4v) is 1.79. The van der Waals surface area contributed by atoms with Crippen LogP contribution in [-0.4, -0.2) is 35.5 Å². The summed E-state index contributed by atoms with van der Waals surface area (Å²) in [6.07, 6.45) is 1.56. The molecule has 0 unspecified atom stereocenters. The predicted octanol–water partition coefficient (Wildman–Crippen LogP) is 1.52. The van der Waals surface area contributed by atoms with Crippen molar-refractivity contribution >= 4 is 17.6 Å². The zero-order chi connectivity index (χ0) is 14.3. The van der Waals surface area contributed by atoms with E-state index in [1.165, 1.54) is 0 Å². The van der Waals surface area contributed by atoms with Gasteiger partial charge in [-0.2, -0.15) is 0 Å². The van der Waals surface area contributed by atoms with Crippen molar-refractivity contribution < 1.29 is 14.7 Å². The minimum atomic E-state index is -0.835. The van der Waals surface area contributed by atoms with Gasteiger partial charge in [-0.05, 0) is 24.5 Å². The summed E-state index contributed by atoms with van der Waals surface area (Å²) in [7, 11) is 1.69. The number of nitrogen functional groups attached to an aromatic ring is 1. The maximum absolute atomic E-state index is 11.8. The van der Waals surface area contributed by atoms with Gasteiger partial charge in [-0.3, -0.25) is 9.59 Å². The van der Waals surface area contributed by atoms with Crippen LogP contribution in [0.1, 0.15) is 24.8 Å². The number of hydrogen-bond donors (Lipinski definition) is 2. The monoisotopic (exact) mass is 264 g/mol. The summed E-state index contributed by atoms with van der Waals surface area (Å²) >= 11 is 0. The number of aliphatic carboxylic acids is 1. The van der Waals surface area contributed by atoms with Gasteiger partial charge in [-0.1, -0.05) is 18.2 Å². The normalized spacial score (nSPS) is 10.2. The van der Waals surface area contributed by atoms with Gasteiger partial charge in [0.25, 0.3) is 0 Å². The van der Waals surface area contributed by atoms with Crippen molar-refractivity contribution in [2.45, 2.75) is 25.7 Å². The largest absolute Gasteiger partial charge is 0.481 e. The van der Waals surface area contributed by atoms with Crippen molar-refractivity contribution in [3.63, 3.8) is 0 Å². The van der Waals surface area contributed by atoms with E-state index >= 15 is 0 Å². The number of carboxylic acids is 1. The van der Waals surface area contributed by atoms with Gasteiger partial charge in [0.15, 0.2) is 0 Å². The molecular formula is C14H20N2O3. The second-order valence-corrected chi connectivity index (χ2v) is 4.51. The van der Waals surface area contributed by atoms with E-state index in [4.69, 9.17) is 10.8 Å². The van der Waals surface area contributed by atoms with Crippen LogP contribution in [0.2, 0.25) is 0 Å². The van der Waals surface area contributed by atoms with Crippen LogP contribution >= 0.6 is 0 Å². The lowest BCUT2D eigenvalue weighted by molar-refractivity contribution is -0.138. The van der Waals surface area contributed by atoms with Gasteiger partial charge in [-0.25, -0.2) is 0 Å². The molecule has 1 rings (SSSR count). The highest BCUT2D eigenvalue weighted by molar-refractivity contribution is 5.76. The molecule has 0 aromatic heterocycles. The van der Waals surface area contributed by atoms with Crippen LogP contribution in [-0.2, 0) is 16.0 Å². The quantitative estimate of drug-likeness (QED) is 0.731. The number of nitrogens with zero attached hydrogens (tertiary/aromatic N) is 1. The second kappa shape index (κ2) is 7.41. The number of amides is 1. The molecule has 0 spiro atoms. The van der Waals surface area contributed by atoms with Crippen molar-refractivity contribution in [3.8, 4) is 0 Å². The molecule has 0 aliphatic heterocycles. The third kappa shape index (κ3) is 5.42. The fourth-order valence-electron chi connectivity index (χ4n) is 1.79.